The normalized spacial score (nSPS) is 25.3. The predicted octanol–water partition coefficient (Wildman–Crippen LogP) is 1.43. The first-order valence-corrected chi connectivity index (χ1v) is 7.02. The van der Waals surface area contributed by atoms with Crippen molar-refractivity contribution >= 4 is 18.3 Å². The van der Waals surface area contributed by atoms with E-state index in [1.54, 1.807) is 19.1 Å². The second kappa shape index (κ2) is 8.17. The number of rotatable bonds is 7. The van der Waals surface area contributed by atoms with Crippen molar-refractivity contribution in [2.75, 3.05) is 27.9 Å². The van der Waals surface area contributed by atoms with E-state index in [1.807, 2.05) is 7.05 Å². The number of likely N-dealkylation sites (N-methyl/N-ethyl adjacent to an activating group) is 1. The third-order valence-electron chi connectivity index (χ3n) is 4.82. The molecule has 5 nitrogen and oxygen atoms in total. The van der Waals surface area contributed by atoms with Crippen LogP contribution >= 0.6 is 12.4 Å². The number of carbonyl (C=O) groups excluding carboxylic acids is 1. The van der Waals surface area contributed by atoms with E-state index in [1.165, 1.54) is 0 Å². The average molecular weight is 309 g/mol. The van der Waals surface area contributed by atoms with E-state index in [0.29, 0.717) is 0 Å². The molecule has 20 heavy (non-hydrogen) atoms. The van der Waals surface area contributed by atoms with Crippen LogP contribution in [0.5, 0.6) is 0 Å². The highest BCUT2D eigenvalue weighted by atomic mass is 35.5. The molecule has 1 fully saturated rings. The molecular weight excluding hydrogens is 280 g/mol. The summed E-state index contributed by atoms with van der Waals surface area (Å²) in [4.78, 5) is 14.1. The summed E-state index contributed by atoms with van der Waals surface area (Å²) < 4.78 is 10.5. The van der Waals surface area contributed by atoms with Gasteiger partial charge in [0.15, 0.2) is 0 Å². The Labute approximate surface area is 128 Å². The number of nitrogens with two attached hydrogens (primary N) is 1. The summed E-state index contributed by atoms with van der Waals surface area (Å²) in [6, 6.07) is -0.370. The maximum absolute atomic E-state index is 12.3. The summed E-state index contributed by atoms with van der Waals surface area (Å²) in [6.07, 6.45) is 3.13. The SMILES string of the molecule is CCC1(CC)C(OC)CC1N(C)C(=O)C(N)COC.Cl. The molecule has 0 bridgehead atoms. The molecule has 1 aliphatic rings. The fourth-order valence-corrected chi connectivity index (χ4v) is 3.44. The van der Waals surface area contributed by atoms with Crippen molar-refractivity contribution in [1.82, 2.24) is 4.90 Å². The van der Waals surface area contributed by atoms with E-state index in [9.17, 15) is 4.79 Å². The van der Waals surface area contributed by atoms with Crippen molar-refractivity contribution in [2.24, 2.45) is 11.1 Å². The quantitative estimate of drug-likeness (QED) is 0.773. The summed E-state index contributed by atoms with van der Waals surface area (Å²) in [5, 5.41) is 0. The molecule has 1 rings (SSSR count). The van der Waals surface area contributed by atoms with Gasteiger partial charge in [0.05, 0.1) is 12.7 Å². The topological polar surface area (TPSA) is 64.8 Å². The monoisotopic (exact) mass is 308 g/mol. The standard InChI is InChI=1S/C14H28N2O3.ClH/c1-6-14(7-2)11(8-12(14)19-5)16(3)13(17)10(15)9-18-4;/h10-12H,6-9,15H2,1-5H3;1H. The Morgan fingerprint density at radius 2 is 1.95 bits per heavy atom. The molecule has 3 atom stereocenters. The second-order valence-electron chi connectivity index (χ2n) is 5.43. The molecule has 1 aliphatic carbocycles. The molecule has 0 aromatic heterocycles. The van der Waals surface area contributed by atoms with Crippen LogP contribution in [0.4, 0.5) is 0 Å². The van der Waals surface area contributed by atoms with E-state index in [0.717, 1.165) is 19.3 Å². The maximum Gasteiger partial charge on any atom is 0.241 e. The van der Waals surface area contributed by atoms with Gasteiger partial charge in [0.2, 0.25) is 5.91 Å². The van der Waals surface area contributed by atoms with E-state index < -0.39 is 6.04 Å². The smallest absolute Gasteiger partial charge is 0.241 e. The van der Waals surface area contributed by atoms with Crippen LogP contribution in [0.25, 0.3) is 0 Å². The fraction of sp³-hybridized carbons (Fsp3) is 0.929. The predicted molar refractivity (Wildman–Crippen MR) is 82.1 cm³/mol. The molecule has 0 radical (unpaired) electrons. The summed E-state index contributed by atoms with van der Waals surface area (Å²) in [5.74, 6) is -0.0484. The molecule has 0 saturated heterocycles. The Bertz CT molecular complexity index is 311. The Balaban J connectivity index is 0.00000361. The summed E-state index contributed by atoms with van der Waals surface area (Å²) in [6.45, 7) is 4.58. The van der Waals surface area contributed by atoms with Crippen molar-refractivity contribution in [3.05, 3.63) is 0 Å². The van der Waals surface area contributed by atoms with Gasteiger partial charge in [-0.1, -0.05) is 13.8 Å². The van der Waals surface area contributed by atoms with Gasteiger partial charge in [-0.05, 0) is 19.3 Å². The number of halogens is 1. The molecular formula is C14H29ClN2O3. The molecule has 2 N–H and O–H groups in total. The van der Waals surface area contributed by atoms with Crippen molar-refractivity contribution in [3.63, 3.8) is 0 Å². The van der Waals surface area contributed by atoms with Gasteiger partial charge >= 0.3 is 0 Å². The van der Waals surface area contributed by atoms with Crippen molar-refractivity contribution in [2.45, 2.75) is 51.3 Å². The van der Waals surface area contributed by atoms with Gasteiger partial charge in [-0.15, -0.1) is 12.4 Å². The highest BCUT2D eigenvalue weighted by molar-refractivity contribution is 5.85. The lowest BCUT2D eigenvalue weighted by molar-refractivity contribution is -0.171. The minimum atomic E-state index is -0.581. The van der Waals surface area contributed by atoms with Crippen molar-refractivity contribution in [3.8, 4) is 0 Å². The lowest BCUT2D eigenvalue weighted by Crippen LogP contribution is -2.66. The van der Waals surface area contributed by atoms with Crippen LogP contribution in [-0.4, -0.2) is 56.9 Å². The highest BCUT2D eigenvalue weighted by Gasteiger charge is 2.55. The lowest BCUT2D eigenvalue weighted by Gasteiger charge is -2.58. The van der Waals surface area contributed by atoms with E-state index >= 15 is 0 Å². The largest absolute Gasteiger partial charge is 0.383 e. The number of hydrogen-bond donors (Lipinski definition) is 1. The van der Waals surface area contributed by atoms with Gasteiger partial charge in [-0.2, -0.15) is 0 Å². The first-order valence-electron chi connectivity index (χ1n) is 7.02. The zero-order valence-corrected chi connectivity index (χ0v) is 14.0. The summed E-state index contributed by atoms with van der Waals surface area (Å²) in [7, 11) is 5.15. The summed E-state index contributed by atoms with van der Waals surface area (Å²) >= 11 is 0. The molecule has 120 valence electrons. The molecule has 1 saturated carbocycles. The van der Waals surface area contributed by atoms with Gasteiger partial charge in [0.25, 0.3) is 0 Å². The molecule has 1 amide bonds. The van der Waals surface area contributed by atoms with Crippen molar-refractivity contribution < 1.29 is 14.3 Å². The maximum atomic E-state index is 12.3. The van der Waals surface area contributed by atoms with Crippen LogP contribution in [0, 0.1) is 5.41 Å². The Hall–Kier alpha value is -0.360. The van der Waals surface area contributed by atoms with Crippen molar-refractivity contribution in [1.29, 1.82) is 0 Å². The molecule has 0 aliphatic heterocycles. The van der Waals surface area contributed by atoms with Gasteiger partial charge in [-0.3, -0.25) is 4.79 Å². The minimum absolute atomic E-state index is 0. The fourth-order valence-electron chi connectivity index (χ4n) is 3.44. The zero-order valence-electron chi connectivity index (χ0n) is 13.2. The first-order chi connectivity index (χ1) is 8.98. The highest BCUT2D eigenvalue weighted by Crippen LogP contribution is 2.50. The number of hydrogen-bond acceptors (Lipinski definition) is 4. The van der Waals surface area contributed by atoms with E-state index in [4.69, 9.17) is 15.2 Å². The Morgan fingerprint density at radius 1 is 1.40 bits per heavy atom. The van der Waals surface area contributed by atoms with Gasteiger partial charge in [-0.25, -0.2) is 0 Å². The van der Waals surface area contributed by atoms with E-state index in [-0.39, 0.29) is 42.5 Å². The average Bonchev–Trinajstić information content (AvgIpc) is 2.39. The van der Waals surface area contributed by atoms with Gasteiger partial charge in [0.1, 0.15) is 6.04 Å². The first kappa shape index (κ1) is 19.6. The van der Waals surface area contributed by atoms with E-state index in [2.05, 4.69) is 13.8 Å². The minimum Gasteiger partial charge on any atom is -0.383 e. The third kappa shape index (κ3) is 3.27. The lowest BCUT2D eigenvalue weighted by atomic mass is 9.58. The Kier molecular flexibility index (Phi) is 8.03. The van der Waals surface area contributed by atoms with Crippen LogP contribution in [0.1, 0.15) is 33.1 Å². The molecule has 0 aromatic rings. The third-order valence-corrected chi connectivity index (χ3v) is 4.82. The summed E-state index contributed by atoms with van der Waals surface area (Å²) in [5.41, 5.74) is 5.90. The number of ether oxygens (including phenoxy) is 2. The molecule has 0 heterocycles. The van der Waals surface area contributed by atoms with Crippen LogP contribution < -0.4 is 5.73 Å². The molecule has 3 unspecified atom stereocenters. The Morgan fingerprint density at radius 3 is 2.35 bits per heavy atom. The van der Waals surface area contributed by atoms with Crippen LogP contribution in [0.3, 0.4) is 0 Å². The van der Waals surface area contributed by atoms with Gasteiger partial charge < -0.3 is 20.1 Å². The van der Waals surface area contributed by atoms with Crippen LogP contribution in [0.2, 0.25) is 0 Å². The molecule has 0 spiro atoms. The van der Waals surface area contributed by atoms with Crippen LogP contribution in [-0.2, 0) is 14.3 Å². The van der Waals surface area contributed by atoms with Crippen LogP contribution in [0.15, 0.2) is 0 Å². The van der Waals surface area contributed by atoms with Gasteiger partial charge in [0, 0.05) is 32.7 Å². The second-order valence-corrected chi connectivity index (χ2v) is 5.43. The zero-order chi connectivity index (χ0) is 14.6. The number of amides is 1. The number of methoxy groups -OCH3 is 2. The molecule has 0 aromatic carbocycles. The molecule has 6 heteroatoms. The number of carbonyl (C=O) groups is 1. The number of nitrogens with zero attached hydrogens (tertiary/aromatic N) is 1.